The zero-order chi connectivity index (χ0) is 22.0. The Morgan fingerprint density at radius 1 is 0.833 bits per heavy atom. The van der Waals surface area contributed by atoms with E-state index in [4.69, 9.17) is 21.1 Å². The molecule has 2 rings (SSSR count). The van der Waals surface area contributed by atoms with Crippen molar-refractivity contribution in [1.82, 2.24) is 0 Å². The fraction of sp³-hybridized carbons (Fsp3) is 0.440. The van der Waals surface area contributed by atoms with Crippen LogP contribution in [0.4, 0.5) is 0 Å². The van der Waals surface area contributed by atoms with Crippen molar-refractivity contribution >= 4 is 23.4 Å². The lowest BCUT2D eigenvalue weighted by Gasteiger charge is -2.24. The van der Waals surface area contributed by atoms with E-state index < -0.39 is 11.6 Å². The molecule has 0 radical (unpaired) electrons. The molecule has 0 aliphatic rings. The molecule has 0 unspecified atom stereocenters. The Hall–Kier alpha value is -2.33. The normalized spacial score (nSPS) is 11.2. The van der Waals surface area contributed by atoms with E-state index in [1.165, 1.54) is 25.7 Å². The molecule has 0 saturated heterocycles. The van der Waals surface area contributed by atoms with E-state index >= 15 is 0 Å². The van der Waals surface area contributed by atoms with Gasteiger partial charge in [-0.1, -0.05) is 50.6 Å². The van der Waals surface area contributed by atoms with Crippen molar-refractivity contribution in [3.63, 3.8) is 0 Å². The maximum atomic E-state index is 12.5. The van der Waals surface area contributed by atoms with Crippen LogP contribution in [-0.2, 0) is 9.53 Å². The van der Waals surface area contributed by atoms with Crippen LogP contribution in [0.25, 0.3) is 0 Å². The number of esters is 1. The minimum atomic E-state index is -1.11. The molecule has 0 aliphatic carbocycles. The first kappa shape index (κ1) is 23.9. The lowest BCUT2D eigenvalue weighted by molar-refractivity contribution is -0.159. The van der Waals surface area contributed by atoms with Gasteiger partial charge in [0.2, 0.25) is 0 Å². The molecule has 0 aromatic heterocycles. The maximum absolute atomic E-state index is 12.5. The third-order valence-electron chi connectivity index (χ3n) is 4.82. The van der Waals surface area contributed by atoms with Gasteiger partial charge in [-0.3, -0.25) is 4.79 Å². The predicted octanol–water partition coefficient (Wildman–Crippen LogP) is 6.63. The van der Waals surface area contributed by atoms with Gasteiger partial charge < -0.3 is 9.47 Å². The van der Waals surface area contributed by atoms with E-state index in [2.05, 4.69) is 6.92 Å². The van der Waals surface area contributed by atoms with Crippen LogP contribution in [0.15, 0.2) is 48.5 Å². The molecular formula is C25H31ClO4. The van der Waals surface area contributed by atoms with Gasteiger partial charge in [0, 0.05) is 16.1 Å². The van der Waals surface area contributed by atoms with Crippen LogP contribution in [0.2, 0.25) is 5.02 Å². The van der Waals surface area contributed by atoms with Gasteiger partial charge in [0.15, 0.2) is 11.4 Å². The zero-order valence-electron chi connectivity index (χ0n) is 18.1. The predicted molar refractivity (Wildman–Crippen MR) is 120 cm³/mol. The summed E-state index contributed by atoms with van der Waals surface area (Å²) in [5.41, 5.74) is -0.0102. The van der Waals surface area contributed by atoms with Crippen LogP contribution in [-0.4, -0.2) is 24.0 Å². The zero-order valence-corrected chi connectivity index (χ0v) is 18.8. The minimum Gasteiger partial charge on any atom is -0.476 e. The highest BCUT2D eigenvalue weighted by Gasteiger charge is 2.31. The van der Waals surface area contributed by atoms with Crippen molar-refractivity contribution in [3.05, 3.63) is 64.7 Å². The van der Waals surface area contributed by atoms with Crippen LogP contribution in [0, 0.1) is 0 Å². The fourth-order valence-corrected chi connectivity index (χ4v) is 3.13. The molecule has 0 amide bonds. The Morgan fingerprint density at radius 2 is 1.37 bits per heavy atom. The van der Waals surface area contributed by atoms with E-state index in [9.17, 15) is 9.59 Å². The number of unbranched alkanes of at least 4 members (excludes halogenated alkanes) is 5. The Bertz CT molecular complexity index is 810. The van der Waals surface area contributed by atoms with E-state index in [1.807, 2.05) is 0 Å². The number of carbonyl (C=O) groups excluding carboxylic acids is 2. The SMILES string of the molecule is CCCCCCCCOC(=O)C(C)(C)Oc1ccc(C(=O)c2ccc(Cl)cc2)cc1. The summed E-state index contributed by atoms with van der Waals surface area (Å²) in [6.07, 6.45) is 6.81. The topological polar surface area (TPSA) is 52.6 Å². The van der Waals surface area contributed by atoms with E-state index in [0.717, 1.165) is 12.8 Å². The van der Waals surface area contributed by atoms with Gasteiger partial charge in [0.1, 0.15) is 5.75 Å². The lowest BCUT2D eigenvalue weighted by atomic mass is 10.0. The number of hydrogen-bond donors (Lipinski definition) is 0. The minimum absolute atomic E-state index is 0.101. The van der Waals surface area contributed by atoms with E-state index in [-0.39, 0.29) is 5.78 Å². The monoisotopic (exact) mass is 430 g/mol. The van der Waals surface area contributed by atoms with Crippen LogP contribution in [0.3, 0.4) is 0 Å². The van der Waals surface area contributed by atoms with Crippen molar-refractivity contribution in [2.75, 3.05) is 6.61 Å². The van der Waals surface area contributed by atoms with Gasteiger partial charge in [-0.2, -0.15) is 0 Å². The molecule has 0 fully saturated rings. The Kier molecular flexibility index (Phi) is 9.38. The second-order valence-electron chi connectivity index (χ2n) is 7.88. The summed E-state index contributed by atoms with van der Waals surface area (Å²) in [6, 6.07) is 13.5. The second kappa shape index (κ2) is 11.8. The lowest BCUT2D eigenvalue weighted by Crippen LogP contribution is -2.39. The molecule has 30 heavy (non-hydrogen) atoms. The summed E-state index contributed by atoms with van der Waals surface area (Å²) >= 11 is 5.87. The van der Waals surface area contributed by atoms with Crippen molar-refractivity contribution in [2.45, 2.75) is 64.9 Å². The maximum Gasteiger partial charge on any atom is 0.349 e. The number of hydrogen-bond acceptors (Lipinski definition) is 4. The van der Waals surface area contributed by atoms with Crippen molar-refractivity contribution in [2.24, 2.45) is 0 Å². The first-order valence-corrected chi connectivity index (χ1v) is 11.0. The van der Waals surface area contributed by atoms with Gasteiger partial charge in [-0.05, 0) is 68.8 Å². The van der Waals surface area contributed by atoms with Gasteiger partial charge in [0.25, 0.3) is 0 Å². The number of rotatable bonds is 12. The second-order valence-corrected chi connectivity index (χ2v) is 8.31. The number of benzene rings is 2. The molecule has 0 saturated carbocycles. The van der Waals surface area contributed by atoms with Gasteiger partial charge in [-0.25, -0.2) is 4.79 Å². The Balaban J connectivity index is 1.84. The third-order valence-corrected chi connectivity index (χ3v) is 5.07. The van der Waals surface area contributed by atoms with Gasteiger partial charge >= 0.3 is 5.97 Å². The first-order chi connectivity index (χ1) is 14.3. The smallest absolute Gasteiger partial charge is 0.349 e. The van der Waals surface area contributed by atoms with Crippen molar-refractivity contribution in [1.29, 1.82) is 0 Å². The summed E-state index contributed by atoms with van der Waals surface area (Å²) in [4.78, 5) is 24.9. The van der Waals surface area contributed by atoms with Crippen LogP contribution < -0.4 is 4.74 Å². The molecule has 0 spiro atoms. The molecule has 0 heterocycles. The van der Waals surface area contributed by atoms with Crippen molar-refractivity contribution in [3.8, 4) is 5.75 Å². The highest BCUT2D eigenvalue weighted by molar-refractivity contribution is 6.30. The van der Waals surface area contributed by atoms with Crippen LogP contribution in [0.1, 0.15) is 75.2 Å². The summed E-state index contributed by atoms with van der Waals surface area (Å²) in [5, 5.41) is 0.584. The average molecular weight is 431 g/mol. The summed E-state index contributed by atoms with van der Waals surface area (Å²) in [6.45, 7) is 5.97. The average Bonchev–Trinajstić information content (AvgIpc) is 2.73. The summed E-state index contributed by atoms with van der Waals surface area (Å²) in [7, 11) is 0. The molecule has 0 N–H and O–H groups in total. The number of halogens is 1. The summed E-state index contributed by atoms with van der Waals surface area (Å²) < 4.78 is 11.2. The molecule has 5 heteroatoms. The van der Waals surface area contributed by atoms with E-state index in [1.54, 1.807) is 62.4 Å². The fourth-order valence-electron chi connectivity index (χ4n) is 3.00. The molecule has 0 aliphatic heterocycles. The quantitative estimate of drug-likeness (QED) is 0.215. The molecular weight excluding hydrogens is 400 g/mol. The molecule has 162 valence electrons. The Labute approximate surface area is 184 Å². The van der Waals surface area contributed by atoms with Crippen molar-refractivity contribution < 1.29 is 19.1 Å². The number of ketones is 1. The standard InChI is InChI=1S/C25H31ClO4/c1-4-5-6-7-8-9-18-29-24(28)25(2,3)30-22-16-12-20(13-17-22)23(27)19-10-14-21(26)15-11-19/h10-17H,4-9,18H2,1-3H3. The largest absolute Gasteiger partial charge is 0.476 e. The number of carbonyl (C=O) groups is 2. The molecule has 4 nitrogen and oxygen atoms in total. The van der Waals surface area contributed by atoms with Gasteiger partial charge in [0.05, 0.1) is 6.61 Å². The highest BCUT2D eigenvalue weighted by atomic mass is 35.5. The summed E-state index contributed by atoms with van der Waals surface area (Å²) in [5.74, 6) is 0.0115. The number of ether oxygens (including phenoxy) is 2. The third kappa shape index (κ3) is 7.49. The molecule has 2 aromatic rings. The Morgan fingerprint density at radius 3 is 1.97 bits per heavy atom. The molecule has 2 aromatic carbocycles. The highest BCUT2D eigenvalue weighted by Crippen LogP contribution is 2.22. The van der Waals surface area contributed by atoms with Crippen LogP contribution >= 0.6 is 11.6 Å². The molecule has 0 atom stereocenters. The molecule has 0 bridgehead atoms. The first-order valence-electron chi connectivity index (χ1n) is 10.6. The van der Waals surface area contributed by atoms with Gasteiger partial charge in [-0.15, -0.1) is 0 Å². The van der Waals surface area contributed by atoms with Crippen LogP contribution in [0.5, 0.6) is 5.75 Å². The van der Waals surface area contributed by atoms with E-state index in [0.29, 0.717) is 28.5 Å².